The number of nitrogens with zero attached hydrogens (tertiary/aromatic N) is 1. The Labute approximate surface area is 83.8 Å². The second-order valence-electron chi connectivity index (χ2n) is 4.47. The maximum absolute atomic E-state index is 11.6. The van der Waals surface area contributed by atoms with E-state index in [1.807, 2.05) is 0 Å². The van der Waals surface area contributed by atoms with Gasteiger partial charge < -0.3 is 9.84 Å². The Morgan fingerprint density at radius 2 is 2.36 bits per heavy atom. The molecule has 1 N–H and O–H groups in total. The van der Waals surface area contributed by atoms with Crippen molar-refractivity contribution < 1.29 is 14.6 Å². The van der Waals surface area contributed by atoms with Crippen molar-refractivity contribution in [3.05, 3.63) is 0 Å². The molecule has 0 aromatic rings. The van der Waals surface area contributed by atoms with Gasteiger partial charge in [-0.2, -0.15) is 0 Å². The Balaban J connectivity index is 2.25. The highest BCUT2D eigenvalue weighted by atomic mass is 16.5. The van der Waals surface area contributed by atoms with Crippen LogP contribution in [0.4, 0.5) is 0 Å². The number of hydrogen-bond donors (Lipinski definition) is 1. The standard InChI is InChI=1S/C10H17NO3/c1-10-4-3-5-11(10)6-7(12)8(10)9(13)14-2/h7-8,12H,3-6H2,1-2H3. The van der Waals surface area contributed by atoms with E-state index >= 15 is 0 Å². The van der Waals surface area contributed by atoms with Crippen LogP contribution >= 0.6 is 0 Å². The highest BCUT2D eigenvalue weighted by Gasteiger charge is 2.56. The fraction of sp³-hybridized carbons (Fsp3) is 0.900. The van der Waals surface area contributed by atoms with Crippen LogP contribution in [-0.4, -0.2) is 47.8 Å². The lowest BCUT2D eigenvalue weighted by molar-refractivity contribution is -0.151. The number of ether oxygens (including phenoxy) is 1. The first kappa shape index (κ1) is 9.93. The van der Waals surface area contributed by atoms with Crippen LogP contribution in [0.2, 0.25) is 0 Å². The van der Waals surface area contributed by atoms with Gasteiger partial charge in [-0.05, 0) is 26.3 Å². The summed E-state index contributed by atoms with van der Waals surface area (Å²) < 4.78 is 4.75. The molecule has 2 aliphatic rings. The van der Waals surface area contributed by atoms with Crippen LogP contribution in [0, 0.1) is 5.92 Å². The summed E-state index contributed by atoms with van der Waals surface area (Å²) >= 11 is 0. The first-order valence-electron chi connectivity index (χ1n) is 5.10. The van der Waals surface area contributed by atoms with E-state index in [9.17, 15) is 9.90 Å². The Kier molecular flexibility index (Phi) is 2.27. The molecule has 0 saturated carbocycles. The van der Waals surface area contributed by atoms with Gasteiger partial charge in [0.15, 0.2) is 0 Å². The maximum Gasteiger partial charge on any atom is 0.313 e. The minimum absolute atomic E-state index is 0.174. The summed E-state index contributed by atoms with van der Waals surface area (Å²) in [5.41, 5.74) is -0.174. The fourth-order valence-electron chi connectivity index (χ4n) is 2.98. The van der Waals surface area contributed by atoms with Crippen LogP contribution in [0.1, 0.15) is 19.8 Å². The summed E-state index contributed by atoms with van der Waals surface area (Å²) in [7, 11) is 1.38. The van der Waals surface area contributed by atoms with E-state index in [-0.39, 0.29) is 17.4 Å². The summed E-state index contributed by atoms with van der Waals surface area (Å²) in [5, 5.41) is 9.82. The molecule has 2 aliphatic heterocycles. The van der Waals surface area contributed by atoms with Gasteiger partial charge in [-0.3, -0.25) is 9.69 Å². The number of aliphatic hydroxyl groups excluding tert-OH is 1. The van der Waals surface area contributed by atoms with E-state index in [1.54, 1.807) is 0 Å². The molecule has 80 valence electrons. The second kappa shape index (κ2) is 3.21. The third kappa shape index (κ3) is 1.17. The number of fused-ring (bicyclic) bond motifs is 1. The molecule has 4 nitrogen and oxygen atoms in total. The van der Waals surface area contributed by atoms with Gasteiger partial charge in [0.25, 0.3) is 0 Å². The van der Waals surface area contributed by atoms with Gasteiger partial charge in [-0.1, -0.05) is 0 Å². The number of carbonyl (C=O) groups excluding carboxylic acids is 1. The topological polar surface area (TPSA) is 49.8 Å². The van der Waals surface area contributed by atoms with Crippen molar-refractivity contribution in [1.29, 1.82) is 0 Å². The van der Waals surface area contributed by atoms with Crippen molar-refractivity contribution in [2.75, 3.05) is 20.2 Å². The lowest BCUT2D eigenvalue weighted by Gasteiger charge is -2.31. The zero-order chi connectivity index (χ0) is 10.3. The molecule has 2 saturated heterocycles. The van der Waals surface area contributed by atoms with Crippen molar-refractivity contribution in [1.82, 2.24) is 4.90 Å². The summed E-state index contributed by atoms with van der Waals surface area (Å²) in [6.45, 7) is 3.65. The van der Waals surface area contributed by atoms with Crippen LogP contribution in [-0.2, 0) is 9.53 Å². The molecule has 0 aliphatic carbocycles. The predicted octanol–water partition coefficient (Wildman–Crippen LogP) is 0.00460. The number of methoxy groups -OCH3 is 1. The molecule has 3 unspecified atom stereocenters. The first-order valence-corrected chi connectivity index (χ1v) is 5.10. The quantitative estimate of drug-likeness (QED) is 0.604. The highest BCUT2D eigenvalue weighted by Crippen LogP contribution is 2.43. The number of β-amino-alcohol motifs (C(OH)–C–C–N with tert-alkyl or cyclic N) is 1. The Bertz CT molecular complexity index is 256. The molecule has 2 fully saturated rings. The van der Waals surface area contributed by atoms with E-state index in [0.717, 1.165) is 19.4 Å². The number of hydrogen-bond acceptors (Lipinski definition) is 4. The zero-order valence-electron chi connectivity index (χ0n) is 8.69. The summed E-state index contributed by atoms with van der Waals surface area (Å²) in [6, 6.07) is 0. The fourth-order valence-corrected chi connectivity index (χ4v) is 2.98. The van der Waals surface area contributed by atoms with E-state index in [1.165, 1.54) is 7.11 Å². The maximum atomic E-state index is 11.6. The summed E-state index contributed by atoms with van der Waals surface area (Å²) in [4.78, 5) is 13.8. The number of esters is 1. The van der Waals surface area contributed by atoms with Gasteiger partial charge in [0.2, 0.25) is 0 Å². The van der Waals surface area contributed by atoms with Crippen LogP contribution in [0.5, 0.6) is 0 Å². The molecular weight excluding hydrogens is 182 g/mol. The van der Waals surface area contributed by atoms with E-state index < -0.39 is 6.10 Å². The molecule has 14 heavy (non-hydrogen) atoms. The predicted molar refractivity (Wildman–Crippen MR) is 50.7 cm³/mol. The largest absolute Gasteiger partial charge is 0.469 e. The Morgan fingerprint density at radius 3 is 3.00 bits per heavy atom. The molecule has 3 atom stereocenters. The molecule has 0 bridgehead atoms. The molecular formula is C10H17NO3. The molecule has 0 spiro atoms. The van der Waals surface area contributed by atoms with Gasteiger partial charge in [0, 0.05) is 12.1 Å². The minimum atomic E-state index is -0.562. The zero-order valence-corrected chi connectivity index (χ0v) is 8.69. The monoisotopic (exact) mass is 199 g/mol. The van der Waals surface area contributed by atoms with Crippen LogP contribution < -0.4 is 0 Å². The Morgan fingerprint density at radius 1 is 1.64 bits per heavy atom. The summed E-state index contributed by atoms with van der Waals surface area (Å²) in [5.74, 6) is -0.639. The lowest BCUT2D eigenvalue weighted by Crippen LogP contribution is -2.44. The third-order valence-electron chi connectivity index (χ3n) is 3.75. The van der Waals surface area contributed by atoms with Crippen LogP contribution in [0.15, 0.2) is 0 Å². The molecule has 4 heteroatoms. The van der Waals surface area contributed by atoms with Gasteiger partial charge in [0.05, 0.1) is 13.2 Å². The van der Waals surface area contributed by atoms with E-state index in [0.29, 0.717) is 6.54 Å². The SMILES string of the molecule is COC(=O)C1C(O)CN2CCCC12C. The van der Waals surface area contributed by atoms with E-state index in [4.69, 9.17) is 4.74 Å². The highest BCUT2D eigenvalue weighted by molar-refractivity contribution is 5.75. The number of rotatable bonds is 1. The average molecular weight is 199 g/mol. The molecule has 2 heterocycles. The molecule has 0 aromatic carbocycles. The Hall–Kier alpha value is -0.610. The molecule has 0 radical (unpaired) electrons. The smallest absolute Gasteiger partial charge is 0.313 e. The number of carbonyl (C=O) groups is 1. The van der Waals surface area contributed by atoms with E-state index in [2.05, 4.69) is 11.8 Å². The third-order valence-corrected chi connectivity index (χ3v) is 3.75. The van der Waals surface area contributed by atoms with Crippen molar-refractivity contribution >= 4 is 5.97 Å². The normalized spacial score (nSPS) is 42.5. The summed E-state index contributed by atoms with van der Waals surface area (Å²) in [6.07, 6.45) is 1.52. The molecule has 0 aromatic heterocycles. The molecule has 0 amide bonds. The van der Waals surface area contributed by atoms with Crippen LogP contribution in [0.3, 0.4) is 0 Å². The van der Waals surface area contributed by atoms with Crippen molar-refractivity contribution in [2.45, 2.75) is 31.4 Å². The van der Waals surface area contributed by atoms with Gasteiger partial charge in [-0.25, -0.2) is 0 Å². The average Bonchev–Trinajstić information content (AvgIpc) is 2.57. The van der Waals surface area contributed by atoms with Gasteiger partial charge in [-0.15, -0.1) is 0 Å². The van der Waals surface area contributed by atoms with Crippen molar-refractivity contribution in [3.8, 4) is 0 Å². The van der Waals surface area contributed by atoms with Crippen molar-refractivity contribution in [3.63, 3.8) is 0 Å². The lowest BCUT2D eigenvalue weighted by atomic mass is 9.84. The van der Waals surface area contributed by atoms with Gasteiger partial charge >= 0.3 is 5.97 Å². The minimum Gasteiger partial charge on any atom is -0.469 e. The first-order chi connectivity index (χ1) is 6.59. The van der Waals surface area contributed by atoms with Gasteiger partial charge in [0.1, 0.15) is 5.92 Å². The number of aliphatic hydroxyl groups is 1. The van der Waals surface area contributed by atoms with Crippen LogP contribution in [0.25, 0.3) is 0 Å². The second-order valence-corrected chi connectivity index (χ2v) is 4.47. The van der Waals surface area contributed by atoms with Crippen molar-refractivity contribution in [2.24, 2.45) is 5.92 Å². The molecule has 2 rings (SSSR count).